The molecule has 6 nitrogen and oxygen atoms in total. The number of piperidine rings is 1. The lowest BCUT2D eigenvalue weighted by Crippen LogP contribution is -2.58. The van der Waals surface area contributed by atoms with Gasteiger partial charge in [0, 0.05) is 50.9 Å². The molecule has 27 heavy (non-hydrogen) atoms. The van der Waals surface area contributed by atoms with E-state index >= 15 is 0 Å². The number of aryl methyl sites for hydroxylation is 2. The Morgan fingerprint density at radius 2 is 1.89 bits per heavy atom. The number of hydrogen-bond donors (Lipinski definition) is 1. The van der Waals surface area contributed by atoms with Crippen molar-refractivity contribution < 1.29 is 14.6 Å². The van der Waals surface area contributed by atoms with Gasteiger partial charge in [-0.2, -0.15) is 0 Å². The number of fused-ring (bicyclic) bond motifs is 3. The molecule has 2 bridgehead atoms. The van der Waals surface area contributed by atoms with Gasteiger partial charge in [-0.25, -0.2) is 4.98 Å². The van der Waals surface area contributed by atoms with Crippen molar-refractivity contribution in [1.29, 1.82) is 0 Å². The smallest absolute Gasteiger partial charge is 0.231 e. The summed E-state index contributed by atoms with van der Waals surface area (Å²) in [6.07, 6.45) is 7.03. The lowest BCUT2D eigenvalue weighted by atomic mass is 9.65. The normalized spacial score (nSPS) is 29.9. The van der Waals surface area contributed by atoms with Crippen LogP contribution in [0.5, 0.6) is 11.5 Å². The molecule has 2 atom stereocenters. The molecule has 0 amide bonds. The number of hydrogen-bond acceptors (Lipinski definition) is 5. The predicted octanol–water partition coefficient (Wildman–Crippen LogP) is 2.58. The van der Waals surface area contributed by atoms with E-state index in [0.29, 0.717) is 6.79 Å². The zero-order valence-corrected chi connectivity index (χ0v) is 16.0. The Bertz CT molecular complexity index is 848. The molecular formula is C21H27N3O3. The maximum Gasteiger partial charge on any atom is 0.231 e. The van der Waals surface area contributed by atoms with E-state index in [1.54, 1.807) is 6.20 Å². The highest BCUT2D eigenvalue weighted by Crippen LogP contribution is 2.49. The molecule has 1 saturated heterocycles. The molecule has 2 unspecified atom stereocenters. The van der Waals surface area contributed by atoms with Gasteiger partial charge in [0.25, 0.3) is 0 Å². The maximum atomic E-state index is 11.7. The van der Waals surface area contributed by atoms with Crippen LogP contribution in [0.4, 0.5) is 0 Å². The lowest BCUT2D eigenvalue weighted by molar-refractivity contribution is -0.155. The van der Waals surface area contributed by atoms with Gasteiger partial charge in [-0.3, -0.25) is 4.90 Å². The first-order valence-corrected chi connectivity index (χ1v) is 9.87. The zero-order chi connectivity index (χ0) is 18.6. The van der Waals surface area contributed by atoms with Crippen molar-refractivity contribution in [3.63, 3.8) is 0 Å². The summed E-state index contributed by atoms with van der Waals surface area (Å²) in [6.45, 7) is 5.11. The maximum absolute atomic E-state index is 11.7. The zero-order valence-electron chi connectivity index (χ0n) is 16.0. The average molecular weight is 369 g/mol. The number of imidazole rings is 1. The topological polar surface area (TPSA) is 59.8 Å². The van der Waals surface area contributed by atoms with Crippen molar-refractivity contribution in [1.82, 2.24) is 14.5 Å². The molecule has 5 rings (SSSR count). The number of likely N-dealkylation sites (tertiary alicyclic amines) is 1. The summed E-state index contributed by atoms with van der Waals surface area (Å²) in [5.74, 6) is 2.96. The van der Waals surface area contributed by atoms with Crippen molar-refractivity contribution in [2.45, 2.75) is 38.3 Å². The average Bonchev–Trinajstić information content (AvgIpc) is 3.24. The molecule has 2 aliphatic heterocycles. The standard InChI is InChI=1S/C21H27N3O3/c1-14-8-18-19(27-13-26-18)9-15(14)10-24-11-16-4-3-5-17(12-24)21(16,25)20-22-6-7-23(20)2/h6-9,16-17,25H,3-5,10-13H2,1-2H3. The second-order valence-electron chi connectivity index (χ2n) is 8.34. The Hall–Kier alpha value is -2.05. The summed E-state index contributed by atoms with van der Waals surface area (Å²) in [6, 6.07) is 4.19. The van der Waals surface area contributed by atoms with Crippen LogP contribution >= 0.6 is 0 Å². The number of benzene rings is 1. The lowest BCUT2D eigenvalue weighted by Gasteiger charge is -2.52. The van der Waals surface area contributed by atoms with Crippen LogP contribution in [0.15, 0.2) is 24.5 Å². The van der Waals surface area contributed by atoms with E-state index in [9.17, 15) is 5.11 Å². The molecule has 0 spiro atoms. The minimum absolute atomic E-state index is 0.223. The fourth-order valence-corrected chi connectivity index (χ4v) is 5.29. The Kier molecular flexibility index (Phi) is 3.95. The fraction of sp³-hybridized carbons (Fsp3) is 0.571. The van der Waals surface area contributed by atoms with Crippen molar-refractivity contribution in [2.75, 3.05) is 19.9 Å². The van der Waals surface area contributed by atoms with E-state index in [-0.39, 0.29) is 11.8 Å². The Morgan fingerprint density at radius 1 is 1.19 bits per heavy atom. The summed E-state index contributed by atoms with van der Waals surface area (Å²) < 4.78 is 13.0. The molecule has 6 heteroatoms. The molecule has 1 aromatic heterocycles. The Morgan fingerprint density at radius 3 is 2.56 bits per heavy atom. The van der Waals surface area contributed by atoms with Crippen molar-refractivity contribution >= 4 is 0 Å². The van der Waals surface area contributed by atoms with Gasteiger partial charge < -0.3 is 19.1 Å². The molecule has 2 fully saturated rings. The number of aromatic nitrogens is 2. The molecule has 1 N–H and O–H groups in total. The van der Waals surface area contributed by atoms with E-state index in [0.717, 1.165) is 49.8 Å². The summed E-state index contributed by atoms with van der Waals surface area (Å²) in [4.78, 5) is 7.02. The molecule has 1 aliphatic carbocycles. The van der Waals surface area contributed by atoms with Crippen LogP contribution in [0, 0.1) is 18.8 Å². The summed E-state index contributed by atoms with van der Waals surface area (Å²) in [5.41, 5.74) is 1.70. The Labute approximate surface area is 159 Å². The quantitative estimate of drug-likeness (QED) is 0.901. The molecule has 1 saturated carbocycles. The van der Waals surface area contributed by atoms with Gasteiger partial charge in [-0.1, -0.05) is 6.42 Å². The van der Waals surface area contributed by atoms with Crippen LogP contribution in [-0.2, 0) is 19.2 Å². The van der Waals surface area contributed by atoms with Crippen LogP contribution < -0.4 is 9.47 Å². The third-order valence-corrected chi connectivity index (χ3v) is 6.71. The molecule has 1 aromatic carbocycles. The highest BCUT2D eigenvalue weighted by molar-refractivity contribution is 5.48. The van der Waals surface area contributed by atoms with Gasteiger partial charge in [0.2, 0.25) is 6.79 Å². The minimum atomic E-state index is -0.809. The van der Waals surface area contributed by atoms with Crippen LogP contribution in [0.1, 0.15) is 36.2 Å². The predicted molar refractivity (Wildman–Crippen MR) is 101 cm³/mol. The first-order valence-electron chi connectivity index (χ1n) is 9.87. The number of ether oxygens (including phenoxy) is 2. The number of rotatable bonds is 3. The second kappa shape index (κ2) is 6.24. The van der Waals surface area contributed by atoms with Crippen LogP contribution in [0.2, 0.25) is 0 Å². The summed E-state index contributed by atoms with van der Waals surface area (Å²) in [5, 5.41) is 11.7. The van der Waals surface area contributed by atoms with E-state index in [4.69, 9.17) is 9.47 Å². The van der Waals surface area contributed by atoms with Gasteiger partial charge in [-0.05, 0) is 43.0 Å². The third kappa shape index (κ3) is 2.65. The van der Waals surface area contributed by atoms with Gasteiger partial charge >= 0.3 is 0 Å². The van der Waals surface area contributed by atoms with Gasteiger partial charge in [-0.15, -0.1) is 0 Å². The largest absolute Gasteiger partial charge is 0.454 e. The van der Waals surface area contributed by atoms with Crippen molar-refractivity contribution in [3.05, 3.63) is 41.5 Å². The van der Waals surface area contributed by atoms with Crippen molar-refractivity contribution in [2.24, 2.45) is 18.9 Å². The fourth-order valence-electron chi connectivity index (χ4n) is 5.29. The molecule has 3 aliphatic rings. The number of aliphatic hydroxyl groups is 1. The molecule has 144 valence electrons. The first-order chi connectivity index (χ1) is 13.1. The van der Waals surface area contributed by atoms with Crippen molar-refractivity contribution in [3.8, 4) is 11.5 Å². The summed E-state index contributed by atoms with van der Waals surface area (Å²) in [7, 11) is 1.98. The first kappa shape index (κ1) is 17.1. The Balaban J connectivity index is 1.40. The highest BCUT2D eigenvalue weighted by atomic mass is 16.7. The highest BCUT2D eigenvalue weighted by Gasteiger charge is 2.53. The van der Waals surface area contributed by atoms with Gasteiger partial charge in [0.05, 0.1) is 0 Å². The summed E-state index contributed by atoms with van der Waals surface area (Å²) >= 11 is 0. The SMILES string of the molecule is Cc1cc2c(cc1CN1CC3CCCC(C1)C3(O)c1nccn1C)OCO2. The molecule has 0 radical (unpaired) electrons. The minimum Gasteiger partial charge on any atom is -0.454 e. The monoisotopic (exact) mass is 369 g/mol. The third-order valence-electron chi connectivity index (χ3n) is 6.71. The molecular weight excluding hydrogens is 342 g/mol. The van der Waals surface area contributed by atoms with Gasteiger partial charge in [0.15, 0.2) is 11.5 Å². The van der Waals surface area contributed by atoms with E-state index in [1.807, 2.05) is 17.8 Å². The van der Waals surface area contributed by atoms with Crippen LogP contribution in [-0.4, -0.2) is 39.4 Å². The second-order valence-corrected chi connectivity index (χ2v) is 8.34. The van der Waals surface area contributed by atoms with Crippen LogP contribution in [0.3, 0.4) is 0 Å². The van der Waals surface area contributed by atoms with E-state index in [2.05, 4.69) is 28.9 Å². The van der Waals surface area contributed by atoms with E-state index < -0.39 is 5.60 Å². The molecule has 2 aromatic rings. The molecule has 3 heterocycles. The van der Waals surface area contributed by atoms with Crippen LogP contribution in [0.25, 0.3) is 0 Å². The number of nitrogens with zero attached hydrogens (tertiary/aromatic N) is 3. The van der Waals surface area contributed by atoms with Gasteiger partial charge in [0.1, 0.15) is 11.4 Å². The van der Waals surface area contributed by atoms with E-state index in [1.165, 1.54) is 17.5 Å².